The first kappa shape index (κ1) is 24.4. The van der Waals surface area contributed by atoms with E-state index in [1.54, 1.807) is 0 Å². The minimum atomic E-state index is -0.153. The van der Waals surface area contributed by atoms with E-state index in [0.29, 0.717) is 6.42 Å². The second-order valence-corrected chi connectivity index (χ2v) is 7.83. The lowest BCUT2D eigenvalue weighted by atomic mass is 10.0. The van der Waals surface area contributed by atoms with Crippen molar-refractivity contribution in [2.45, 2.75) is 111 Å². The van der Waals surface area contributed by atoms with Gasteiger partial charge in [-0.15, -0.1) is 0 Å². The molecule has 0 aromatic heterocycles. The molecule has 0 aliphatic carbocycles. The zero-order valence-corrected chi connectivity index (χ0v) is 17.7. The highest BCUT2D eigenvalue weighted by molar-refractivity contribution is 5.73. The second-order valence-electron chi connectivity index (χ2n) is 7.83. The molecule has 25 heavy (non-hydrogen) atoms. The van der Waals surface area contributed by atoms with Crippen LogP contribution in [0.3, 0.4) is 0 Å². The highest BCUT2D eigenvalue weighted by Gasteiger charge is 2.19. The van der Waals surface area contributed by atoms with Gasteiger partial charge in [-0.2, -0.15) is 0 Å². The van der Waals surface area contributed by atoms with Gasteiger partial charge in [-0.1, -0.05) is 64.2 Å². The van der Waals surface area contributed by atoms with E-state index in [0.717, 1.165) is 12.8 Å². The summed E-state index contributed by atoms with van der Waals surface area (Å²) >= 11 is 0. The molecule has 0 heterocycles. The number of hydrogen-bond donors (Lipinski definition) is 1. The fourth-order valence-corrected chi connectivity index (χ4v) is 3.84. The van der Waals surface area contributed by atoms with E-state index in [1.165, 1.54) is 101 Å². The number of unbranched alkanes of at least 4 members (excludes halogenated alkanes) is 12. The Morgan fingerprint density at radius 2 is 0.920 bits per heavy atom. The summed E-state index contributed by atoms with van der Waals surface area (Å²) in [6, 6.07) is 0. The highest BCUT2D eigenvalue weighted by atomic mass is 16.1. The van der Waals surface area contributed by atoms with Gasteiger partial charge in [0.25, 0.3) is 0 Å². The van der Waals surface area contributed by atoms with Crippen molar-refractivity contribution in [3.8, 4) is 0 Å². The molecule has 0 aromatic rings. The lowest BCUT2D eigenvalue weighted by Gasteiger charge is -2.35. The second kappa shape index (κ2) is 16.9. The highest BCUT2D eigenvalue weighted by Crippen LogP contribution is 2.14. The zero-order chi connectivity index (χ0) is 18.8. The maximum Gasteiger partial charge on any atom is 0.217 e. The third kappa shape index (κ3) is 14.3. The van der Waals surface area contributed by atoms with E-state index < -0.39 is 0 Å². The predicted molar refractivity (Wildman–Crippen MR) is 111 cm³/mol. The summed E-state index contributed by atoms with van der Waals surface area (Å²) in [4.78, 5) is 10.6. The summed E-state index contributed by atoms with van der Waals surface area (Å²) in [5, 5.41) is 0. The molecule has 2 N–H and O–H groups in total. The lowest BCUT2D eigenvalue weighted by molar-refractivity contribution is -0.923. The molecule has 0 atom stereocenters. The van der Waals surface area contributed by atoms with Crippen molar-refractivity contribution in [1.29, 1.82) is 0 Å². The summed E-state index contributed by atoms with van der Waals surface area (Å²) in [6.07, 6.45) is 18.0. The van der Waals surface area contributed by atoms with Gasteiger partial charge in [-0.3, -0.25) is 4.79 Å². The Morgan fingerprint density at radius 3 is 1.24 bits per heavy atom. The Labute approximate surface area is 158 Å². The van der Waals surface area contributed by atoms with E-state index in [-0.39, 0.29) is 5.91 Å². The number of carbonyl (C=O) groups excluding carboxylic acids is 1. The predicted octanol–water partition coefficient (Wildman–Crippen LogP) is 5.81. The van der Waals surface area contributed by atoms with Crippen LogP contribution >= 0.6 is 0 Å². The number of nitrogens with zero attached hydrogens (tertiary/aromatic N) is 1. The van der Waals surface area contributed by atoms with Crippen LogP contribution < -0.4 is 5.73 Å². The van der Waals surface area contributed by atoms with Crippen LogP contribution in [0.25, 0.3) is 0 Å². The molecule has 0 spiro atoms. The lowest BCUT2D eigenvalue weighted by Crippen LogP contribution is -2.48. The molecule has 0 bridgehead atoms. The molecule has 150 valence electrons. The fourth-order valence-electron chi connectivity index (χ4n) is 3.84. The van der Waals surface area contributed by atoms with E-state index in [2.05, 4.69) is 20.8 Å². The Balaban J connectivity index is 3.25. The van der Waals surface area contributed by atoms with Gasteiger partial charge in [0.2, 0.25) is 5.91 Å². The molecule has 0 rings (SSSR count). The average Bonchev–Trinajstić information content (AvgIpc) is 2.62. The van der Waals surface area contributed by atoms with Gasteiger partial charge >= 0.3 is 0 Å². The third-order valence-corrected chi connectivity index (χ3v) is 6.07. The Kier molecular flexibility index (Phi) is 16.5. The van der Waals surface area contributed by atoms with Crippen molar-refractivity contribution >= 4 is 5.91 Å². The van der Waals surface area contributed by atoms with Crippen LogP contribution in [0.4, 0.5) is 0 Å². The monoisotopic (exact) mass is 355 g/mol. The third-order valence-electron chi connectivity index (χ3n) is 6.07. The van der Waals surface area contributed by atoms with E-state index in [1.807, 2.05) is 0 Å². The number of amides is 1. The van der Waals surface area contributed by atoms with Gasteiger partial charge in [0.15, 0.2) is 0 Å². The molecular formula is C22H47N2O+. The maximum absolute atomic E-state index is 10.6. The van der Waals surface area contributed by atoms with Crippen molar-refractivity contribution in [3.63, 3.8) is 0 Å². The summed E-state index contributed by atoms with van der Waals surface area (Å²) in [5.41, 5.74) is 5.14. The van der Waals surface area contributed by atoms with Crippen molar-refractivity contribution < 1.29 is 9.28 Å². The molecule has 0 radical (unpaired) electrons. The summed E-state index contributed by atoms with van der Waals surface area (Å²) < 4.78 is 1.31. The zero-order valence-electron chi connectivity index (χ0n) is 17.7. The normalized spacial score (nSPS) is 11.8. The molecule has 0 unspecified atom stereocenters. The van der Waals surface area contributed by atoms with Gasteiger partial charge in [0.05, 0.1) is 26.2 Å². The van der Waals surface area contributed by atoms with Crippen LogP contribution in [0.1, 0.15) is 111 Å². The first-order valence-electron chi connectivity index (χ1n) is 11.2. The van der Waals surface area contributed by atoms with Crippen molar-refractivity contribution in [2.75, 3.05) is 26.2 Å². The fraction of sp³-hybridized carbons (Fsp3) is 0.955. The van der Waals surface area contributed by atoms with Crippen molar-refractivity contribution in [3.05, 3.63) is 0 Å². The number of rotatable bonds is 19. The van der Waals surface area contributed by atoms with E-state index in [9.17, 15) is 4.79 Å². The molecule has 0 aromatic carbocycles. The number of nitrogens with two attached hydrogens (primary N) is 1. The average molecular weight is 356 g/mol. The van der Waals surface area contributed by atoms with Crippen LogP contribution in [0, 0.1) is 0 Å². The largest absolute Gasteiger partial charge is 0.370 e. The standard InChI is InChI=1S/C22H46N2O/c1-4-24(5-2,6-3)21-19-17-15-13-11-9-7-8-10-12-14-16-18-20-22(23)25/h4-21H2,1-3H3,(H-,23,25)/p+1. The Hall–Kier alpha value is -0.570. The minimum absolute atomic E-state index is 0.153. The Bertz CT molecular complexity index is 292. The molecule has 3 nitrogen and oxygen atoms in total. The first-order chi connectivity index (χ1) is 12.1. The molecule has 3 heteroatoms. The topological polar surface area (TPSA) is 43.1 Å². The molecule has 0 saturated heterocycles. The SMILES string of the molecule is CC[N+](CC)(CC)CCCCCCCCCCCCCCCC(N)=O. The van der Waals surface area contributed by atoms with Crippen LogP contribution in [0.15, 0.2) is 0 Å². The van der Waals surface area contributed by atoms with Gasteiger partial charge in [0, 0.05) is 6.42 Å². The Morgan fingerprint density at radius 1 is 0.600 bits per heavy atom. The number of quaternary nitrogens is 1. The maximum atomic E-state index is 10.6. The van der Waals surface area contributed by atoms with Crippen molar-refractivity contribution in [2.24, 2.45) is 5.73 Å². The van der Waals surface area contributed by atoms with Gasteiger partial charge in [-0.25, -0.2) is 0 Å². The first-order valence-corrected chi connectivity index (χ1v) is 11.2. The molecule has 0 saturated carbocycles. The quantitative estimate of drug-likeness (QED) is 0.230. The smallest absolute Gasteiger partial charge is 0.217 e. The summed E-state index contributed by atoms with van der Waals surface area (Å²) in [7, 11) is 0. The number of hydrogen-bond acceptors (Lipinski definition) is 1. The molecule has 0 fully saturated rings. The molecular weight excluding hydrogens is 308 g/mol. The van der Waals surface area contributed by atoms with Crippen molar-refractivity contribution in [1.82, 2.24) is 0 Å². The summed E-state index contributed by atoms with van der Waals surface area (Å²) in [6.45, 7) is 12.3. The van der Waals surface area contributed by atoms with E-state index >= 15 is 0 Å². The number of carbonyl (C=O) groups is 1. The van der Waals surface area contributed by atoms with Crippen LogP contribution in [0.5, 0.6) is 0 Å². The van der Waals surface area contributed by atoms with Crippen LogP contribution in [-0.2, 0) is 4.79 Å². The van der Waals surface area contributed by atoms with Crippen LogP contribution in [-0.4, -0.2) is 36.6 Å². The van der Waals surface area contributed by atoms with Gasteiger partial charge in [0.1, 0.15) is 0 Å². The molecule has 1 amide bonds. The molecule has 0 aliphatic rings. The van der Waals surface area contributed by atoms with Gasteiger partial charge in [-0.05, 0) is 40.0 Å². The minimum Gasteiger partial charge on any atom is -0.370 e. The van der Waals surface area contributed by atoms with E-state index in [4.69, 9.17) is 5.73 Å². The van der Waals surface area contributed by atoms with Gasteiger partial charge < -0.3 is 10.2 Å². The molecule has 0 aliphatic heterocycles. The van der Waals surface area contributed by atoms with Crippen LogP contribution in [0.2, 0.25) is 0 Å². The number of primary amides is 1. The summed E-state index contributed by atoms with van der Waals surface area (Å²) in [5.74, 6) is -0.153.